The van der Waals surface area contributed by atoms with Crippen molar-refractivity contribution in [1.29, 1.82) is 0 Å². The van der Waals surface area contributed by atoms with Gasteiger partial charge in [0.05, 0.1) is 17.6 Å². The van der Waals surface area contributed by atoms with Gasteiger partial charge in [-0.05, 0) is 19.1 Å². The van der Waals surface area contributed by atoms with Crippen molar-refractivity contribution in [2.24, 2.45) is 5.73 Å². The lowest BCUT2D eigenvalue weighted by Gasteiger charge is -2.08. The maximum absolute atomic E-state index is 12.9. The number of aromatic nitrogens is 6. The van der Waals surface area contributed by atoms with Crippen molar-refractivity contribution in [2.75, 3.05) is 6.54 Å². The van der Waals surface area contributed by atoms with Crippen LogP contribution < -0.4 is 11.4 Å². The van der Waals surface area contributed by atoms with E-state index in [1.807, 2.05) is 13.1 Å². The van der Waals surface area contributed by atoms with E-state index in [9.17, 15) is 26.7 Å². The number of aromatic amines is 1. The number of H-pyrrole nitrogens is 1. The van der Waals surface area contributed by atoms with E-state index in [1.165, 1.54) is 10.8 Å². The Labute approximate surface area is 182 Å². The lowest BCUT2D eigenvalue weighted by Crippen LogP contribution is -2.21. The average molecular weight is 475 g/mol. The molecular weight excluding hydrogens is 457 g/mol. The highest BCUT2D eigenvalue weighted by Gasteiger charge is 2.38. The zero-order chi connectivity index (χ0) is 24.8. The third-order valence-corrected chi connectivity index (χ3v) is 4.12. The number of nitrogens with two attached hydrogens (primary N) is 1. The highest BCUT2D eigenvalue weighted by atomic mass is 19.4. The molecule has 15 heteroatoms. The average Bonchev–Trinajstić information content (AvgIpc) is 3.38. The first-order chi connectivity index (χ1) is 15.5. The van der Waals surface area contributed by atoms with Gasteiger partial charge in [-0.25, -0.2) is 19.3 Å². The normalized spacial score (nSPS) is 11.0. The lowest BCUT2D eigenvalue weighted by atomic mass is 10.2. The lowest BCUT2D eigenvalue weighted by molar-refractivity contribution is -0.192. The molecule has 3 aromatic heterocycles. The van der Waals surface area contributed by atoms with E-state index in [0.29, 0.717) is 17.9 Å². The van der Waals surface area contributed by atoms with E-state index in [2.05, 4.69) is 20.3 Å². The molecule has 0 atom stereocenters. The Balaban J connectivity index is 0.000000479. The first-order valence-corrected chi connectivity index (χ1v) is 9.16. The minimum Gasteiger partial charge on any atom is -0.475 e. The number of nitrogens with zero attached hydrogens (tertiary/aromatic N) is 5. The Hall–Kier alpha value is -3.88. The summed E-state index contributed by atoms with van der Waals surface area (Å²) in [4.78, 5) is 25.3. The van der Waals surface area contributed by atoms with Crippen LogP contribution in [0.3, 0.4) is 0 Å². The molecule has 0 unspecified atom stereocenters. The molecule has 3 rings (SSSR count). The van der Waals surface area contributed by atoms with Gasteiger partial charge in [0, 0.05) is 43.0 Å². The van der Waals surface area contributed by atoms with E-state index in [-0.39, 0.29) is 24.4 Å². The molecule has 178 valence electrons. The summed E-state index contributed by atoms with van der Waals surface area (Å²) in [7, 11) is 0. The first kappa shape index (κ1) is 25.4. The number of hydrogen-bond donors (Lipinski definition) is 3. The summed E-state index contributed by atoms with van der Waals surface area (Å²) in [5.41, 5.74) is 6.39. The summed E-state index contributed by atoms with van der Waals surface area (Å²) in [5, 5.41) is 17.5. The molecule has 0 bridgehead atoms. The highest BCUT2D eigenvalue weighted by molar-refractivity contribution is 5.73. The maximum atomic E-state index is 12.9. The zero-order valence-electron chi connectivity index (χ0n) is 17.0. The number of nitrogens with one attached hydrogen (secondary N) is 1. The SMILES string of the molecule is CCn1cc(-c2cc(-n3c(CC(CN)=C(F)F)n[nH]c3=O)ccn2)cn1.O=C(O)C(F)(F)F. The van der Waals surface area contributed by atoms with Gasteiger partial charge >= 0.3 is 17.8 Å². The van der Waals surface area contributed by atoms with Crippen LogP contribution >= 0.6 is 0 Å². The molecule has 33 heavy (non-hydrogen) atoms. The summed E-state index contributed by atoms with van der Waals surface area (Å²) in [6, 6.07) is 3.28. The molecular formula is C18H18F5N7O3. The number of aryl methyl sites for hydroxylation is 1. The molecule has 0 saturated carbocycles. The number of aliphatic carboxylic acids is 1. The number of carboxylic acids is 1. The molecule has 0 aliphatic carbocycles. The molecule has 0 aromatic carbocycles. The van der Waals surface area contributed by atoms with Gasteiger partial charge < -0.3 is 10.8 Å². The fourth-order valence-corrected chi connectivity index (χ4v) is 2.51. The van der Waals surface area contributed by atoms with Crippen LogP contribution in [0.4, 0.5) is 22.0 Å². The van der Waals surface area contributed by atoms with Gasteiger partial charge in [-0.15, -0.1) is 0 Å². The fourth-order valence-electron chi connectivity index (χ4n) is 2.51. The Morgan fingerprint density at radius 1 is 1.30 bits per heavy atom. The van der Waals surface area contributed by atoms with Crippen molar-refractivity contribution in [1.82, 2.24) is 29.5 Å². The highest BCUT2D eigenvalue weighted by Crippen LogP contribution is 2.20. The first-order valence-electron chi connectivity index (χ1n) is 9.16. The molecule has 4 N–H and O–H groups in total. The Morgan fingerprint density at radius 2 is 1.97 bits per heavy atom. The largest absolute Gasteiger partial charge is 0.490 e. The van der Waals surface area contributed by atoms with Crippen molar-refractivity contribution < 1.29 is 31.9 Å². The van der Waals surface area contributed by atoms with Crippen LogP contribution in [0.15, 0.2) is 47.2 Å². The van der Waals surface area contributed by atoms with Gasteiger partial charge in [0.15, 0.2) is 0 Å². The monoisotopic (exact) mass is 475 g/mol. The Kier molecular flexibility index (Phi) is 8.17. The molecule has 3 heterocycles. The number of hydrogen-bond acceptors (Lipinski definition) is 6. The van der Waals surface area contributed by atoms with Gasteiger partial charge in [-0.1, -0.05) is 0 Å². The van der Waals surface area contributed by atoms with Crippen LogP contribution in [-0.2, 0) is 17.8 Å². The minimum atomic E-state index is -5.08. The summed E-state index contributed by atoms with van der Waals surface area (Å²) < 4.78 is 60.5. The number of rotatable bonds is 6. The van der Waals surface area contributed by atoms with Crippen molar-refractivity contribution in [3.8, 4) is 16.9 Å². The quantitative estimate of drug-likeness (QED) is 0.463. The molecule has 3 aromatic rings. The van der Waals surface area contributed by atoms with Gasteiger partial charge in [0.2, 0.25) is 0 Å². The second-order valence-corrected chi connectivity index (χ2v) is 6.31. The van der Waals surface area contributed by atoms with Crippen molar-refractivity contribution in [2.45, 2.75) is 26.1 Å². The molecule has 0 spiro atoms. The van der Waals surface area contributed by atoms with Crippen LogP contribution in [0.5, 0.6) is 0 Å². The molecule has 0 saturated heterocycles. The van der Waals surface area contributed by atoms with Gasteiger partial charge in [0.1, 0.15) is 5.82 Å². The van der Waals surface area contributed by atoms with Crippen molar-refractivity contribution in [3.63, 3.8) is 0 Å². The smallest absolute Gasteiger partial charge is 0.475 e. The van der Waals surface area contributed by atoms with Gasteiger partial charge in [0.25, 0.3) is 6.08 Å². The minimum absolute atomic E-state index is 0.143. The Morgan fingerprint density at radius 3 is 2.48 bits per heavy atom. The third kappa shape index (κ3) is 6.55. The molecule has 0 amide bonds. The van der Waals surface area contributed by atoms with Crippen LogP contribution in [0.1, 0.15) is 12.7 Å². The maximum Gasteiger partial charge on any atom is 0.490 e. The van der Waals surface area contributed by atoms with E-state index < -0.39 is 23.9 Å². The third-order valence-electron chi connectivity index (χ3n) is 4.12. The molecule has 0 aliphatic rings. The van der Waals surface area contributed by atoms with Crippen LogP contribution in [0.25, 0.3) is 16.9 Å². The van der Waals surface area contributed by atoms with E-state index in [1.54, 1.807) is 23.0 Å². The predicted molar refractivity (Wildman–Crippen MR) is 105 cm³/mol. The second-order valence-electron chi connectivity index (χ2n) is 6.31. The second kappa shape index (κ2) is 10.6. The van der Waals surface area contributed by atoms with Crippen LogP contribution in [-0.4, -0.2) is 53.3 Å². The van der Waals surface area contributed by atoms with Crippen molar-refractivity contribution in [3.05, 3.63) is 58.7 Å². The summed E-state index contributed by atoms with van der Waals surface area (Å²) in [5.74, 6) is -2.61. The number of carbonyl (C=O) groups is 1. The molecule has 0 radical (unpaired) electrons. The van der Waals surface area contributed by atoms with Gasteiger partial charge in [-0.3, -0.25) is 9.67 Å². The summed E-state index contributed by atoms with van der Waals surface area (Å²) >= 11 is 0. The van der Waals surface area contributed by atoms with E-state index in [4.69, 9.17) is 15.6 Å². The zero-order valence-corrected chi connectivity index (χ0v) is 17.0. The topological polar surface area (TPSA) is 145 Å². The van der Waals surface area contributed by atoms with Crippen LogP contribution in [0.2, 0.25) is 0 Å². The predicted octanol–water partition coefficient (Wildman–Crippen LogP) is 2.12. The number of alkyl halides is 3. The van der Waals surface area contributed by atoms with Gasteiger partial charge in [-0.2, -0.15) is 32.1 Å². The van der Waals surface area contributed by atoms with Crippen LogP contribution in [0, 0.1) is 0 Å². The number of carboxylic acid groups (broad SMARTS) is 1. The molecule has 0 aliphatic heterocycles. The summed E-state index contributed by atoms with van der Waals surface area (Å²) in [6.07, 6.45) is -2.14. The molecule has 10 nitrogen and oxygen atoms in total. The fraction of sp³-hybridized carbons (Fsp3) is 0.278. The molecule has 0 fully saturated rings. The van der Waals surface area contributed by atoms with E-state index in [0.717, 1.165) is 5.56 Å². The number of pyridine rings is 1. The number of halogens is 5. The Bertz CT molecular complexity index is 1190. The van der Waals surface area contributed by atoms with Crippen molar-refractivity contribution >= 4 is 5.97 Å². The standard InChI is InChI=1S/C16H17F2N7O.C2HF3O2/c1-2-24-9-11(8-21-24)13-6-12(3-4-20-13)25-14(22-23-16(25)26)5-10(7-19)15(17)18;3-2(4,5)1(6)7/h3-4,6,8-9H,2,5,7,19H2,1H3,(H,23,26);(H,6,7). The summed E-state index contributed by atoms with van der Waals surface area (Å²) in [6.45, 7) is 2.36. The van der Waals surface area contributed by atoms with E-state index >= 15 is 0 Å².